The average Bonchev–Trinajstić information content (AvgIpc) is 3.02. The Morgan fingerprint density at radius 3 is 2.58 bits per heavy atom. The van der Waals surface area contributed by atoms with Crippen LogP contribution in [0.2, 0.25) is 0 Å². The van der Waals surface area contributed by atoms with Crippen LogP contribution in [0.15, 0.2) is 18.5 Å². The molecule has 0 spiro atoms. The van der Waals surface area contributed by atoms with Gasteiger partial charge in [0.15, 0.2) is 0 Å². The summed E-state index contributed by atoms with van der Waals surface area (Å²) in [6.07, 6.45) is 5.72. The summed E-state index contributed by atoms with van der Waals surface area (Å²) in [4.78, 5) is 20.7. The molecule has 102 valence electrons. The van der Waals surface area contributed by atoms with Gasteiger partial charge in [0.05, 0.1) is 30.7 Å². The fourth-order valence-corrected chi connectivity index (χ4v) is 2.64. The van der Waals surface area contributed by atoms with E-state index in [-0.39, 0.29) is 5.91 Å². The van der Waals surface area contributed by atoms with Gasteiger partial charge in [0, 0.05) is 32.4 Å². The molecule has 0 atom stereocenters. The first-order chi connectivity index (χ1) is 9.34. The molecule has 5 nitrogen and oxygen atoms in total. The van der Waals surface area contributed by atoms with Crippen LogP contribution in [0.1, 0.15) is 23.2 Å². The van der Waals surface area contributed by atoms with Crippen molar-refractivity contribution in [2.45, 2.75) is 12.8 Å². The van der Waals surface area contributed by atoms with Gasteiger partial charge < -0.3 is 14.5 Å². The molecule has 3 heterocycles. The molecular formula is C14H19N3O2. The summed E-state index contributed by atoms with van der Waals surface area (Å²) in [6, 6.07) is 1.96. The molecule has 2 saturated heterocycles. The van der Waals surface area contributed by atoms with Crippen LogP contribution in [-0.2, 0) is 4.74 Å². The van der Waals surface area contributed by atoms with Crippen LogP contribution in [-0.4, -0.2) is 55.2 Å². The number of nitrogens with zero attached hydrogens (tertiary/aromatic N) is 3. The number of anilines is 1. The Balaban J connectivity index is 1.76. The predicted molar refractivity (Wildman–Crippen MR) is 72.4 cm³/mol. The molecule has 19 heavy (non-hydrogen) atoms. The number of carbonyl (C=O) groups is 1. The van der Waals surface area contributed by atoms with Crippen molar-refractivity contribution in [1.82, 2.24) is 9.88 Å². The Labute approximate surface area is 113 Å². The Kier molecular flexibility index (Phi) is 3.64. The van der Waals surface area contributed by atoms with Gasteiger partial charge in [-0.25, -0.2) is 0 Å². The minimum atomic E-state index is 0.111. The number of pyridine rings is 1. The van der Waals surface area contributed by atoms with E-state index in [1.54, 1.807) is 6.20 Å². The Bertz CT molecular complexity index is 452. The summed E-state index contributed by atoms with van der Waals surface area (Å²) < 4.78 is 5.34. The second-order valence-corrected chi connectivity index (χ2v) is 5.03. The lowest BCUT2D eigenvalue weighted by Gasteiger charge is -2.28. The van der Waals surface area contributed by atoms with Crippen LogP contribution in [0.25, 0.3) is 0 Å². The van der Waals surface area contributed by atoms with Gasteiger partial charge in [-0.2, -0.15) is 0 Å². The largest absolute Gasteiger partial charge is 0.378 e. The molecule has 3 rings (SSSR count). The van der Waals surface area contributed by atoms with E-state index in [2.05, 4.69) is 9.88 Å². The third-order valence-electron chi connectivity index (χ3n) is 3.74. The van der Waals surface area contributed by atoms with Gasteiger partial charge in [0.25, 0.3) is 5.91 Å². The van der Waals surface area contributed by atoms with E-state index in [0.29, 0.717) is 5.56 Å². The molecule has 2 fully saturated rings. The zero-order valence-corrected chi connectivity index (χ0v) is 11.0. The van der Waals surface area contributed by atoms with Gasteiger partial charge in [-0.1, -0.05) is 0 Å². The maximum Gasteiger partial charge on any atom is 0.255 e. The highest BCUT2D eigenvalue weighted by molar-refractivity contribution is 5.94. The zero-order chi connectivity index (χ0) is 13.1. The first kappa shape index (κ1) is 12.4. The van der Waals surface area contributed by atoms with Crippen LogP contribution < -0.4 is 4.90 Å². The van der Waals surface area contributed by atoms with Crippen LogP contribution in [0.3, 0.4) is 0 Å². The van der Waals surface area contributed by atoms with E-state index in [1.807, 2.05) is 17.2 Å². The molecule has 0 N–H and O–H groups in total. The number of amides is 1. The minimum absolute atomic E-state index is 0.111. The molecule has 2 aliphatic heterocycles. The van der Waals surface area contributed by atoms with E-state index in [9.17, 15) is 4.79 Å². The summed E-state index contributed by atoms with van der Waals surface area (Å²) in [5.41, 5.74) is 1.72. The summed E-state index contributed by atoms with van der Waals surface area (Å²) in [5, 5.41) is 0. The first-order valence-electron chi connectivity index (χ1n) is 6.91. The molecule has 5 heteroatoms. The number of carbonyl (C=O) groups excluding carboxylic acids is 1. The molecular weight excluding hydrogens is 242 g/mol. The zero-order valence-electron chi connectivity index (χ0n) is 11.0. The third-order valence-corrected chi connectivity index (χ3v) is 3.74. The van der Waals surface area contributed by atoms with Crippen molar-refractivity contribution >= 4 is 11.6 Å². The number of likely N-dealkylation sites (tertiary alicyclic amines) is 1. The van der Waals surface area contributed by atoms with Gasteiger partial charge in [-0.15, -0.1) is 0 Å². The lowest BCUT2D eigenvalue weighted by molar-refractivity contribution is 0.0792. The van der Waals surface area contributed by atoms with Crippen molar-refractivity contribution in [3.05, 3.63) is 24.0 Å². The van der Waals surface area contributed by atoms with Crippen molar-refractivity contribution in [1.29, 1.82) is 0 Å². The molecule has 0 aromatic carbocycles. The molecule has 0 bridgehead atoms. The predicted octanol–water partition coefficient (Wildman–Crippen LogP) is 1.15. The summed E-state index contributed by atoms with van der Waals surface area (Å²) in [6.45, 7) is 4.96. The van der Waals surface area contributed by atoms with Crippen LogP contribution in [0.4, 0.5) is 5.69 Å². The second-order valence-electron chi connectivity index (χ2n) is 5.03. The van der Waals surface area contributed by atoms with Gasteiger partial charge in [0.2, 0.25) is 0 Å². The first-order valence-corrected chi connectivity index (χ1v) is 6.91. The van der Waals surface area contributed by atoms with Gasteiger partial charge in [-0.3, -0.25) is 9.78 Å². The van der Waals surface area contributed by atoms with E-state index in [4.69, 9.17) is 4.74 Å². The van der Waals surface area contributed by atoms with Crippen molar-refractivity contribution in [3.63, 3.8) is 0 Å². The summed E-state index contributed by atoms with van der Waals surface area (Å²) >= 11 is 0. The van der Waals surface area contributed by atoms with Crippen molar-refractivity contribution in [2.75, 3.05) is 44.3 Å². The lowest BCUT2D eigenvalue weighted by Crippen LogP contribution is -2.36. The highest BCUT2D eigenvalue weighted by Crippen LogP contribution is 2.18. The van der Waals surface area contributed by atoms with E-state index in [1.165, 1.54) is 0 Å². The molecule has 1 aromatic rings. The molecule has 2 aliphatic rings. The van der Waals surface area contributed by atoms with Crippen LogP contribution in [0, 0.1) is 0 Å². The number of morpholine rings is 1. The highest BCUT2D eigenvalue weighted by Gasteiger charge is 2.21. The molecule has 1 amide bonds. The minimum Gasteiger partial charge on any atom is -0.378 e. The standard InChI is InChI=1S/C14H19N3O2/c18-14(17-3-1-2-4-17)12-9-13(11-15-10-12)16-5-7-19-8-6-16/h9-11H,1-8H2. The van der Waals surface area contributed by atoms with Gasteiger partial charge in [0.1, 0.15) is 0 Å². The van der Waals surface area contributed by atoms with Gasteiger partial charge >= 0.3 is 0 Å². The van der Waals surface area contributed by atoms with E-state index in [0.717, 1.165) is 57.9 Å². The quantitative estimate of drug-likeness (QED) is 0.801. The average molecular weight is 261 g/mol. The van der Waals surface area contributed by atoms with Crippen molar-refractivity contribution in [2.24, 2.45) is 0 Å². The highest BCUT2D eigenvalue weighted by atomic mass is 16.5. The van der Waals surface area contributed by atoms with Crippen LogP contribution >= 0.6 is 0 Å². The maximum atomic E-state index is 12.3. The topological polar surface area (TPSA) is 45.7 Å². The summed E-state index contributed by atoms with van der Waals surface area (Å²) in [7, 11) is 0. The molecule has 0 radical (unpaired) electrons. The molecule has 0 unspecified atom stereocenters. The fourth-order valence-electron chi connectivity index (χ4n) is 2.64. The third kappa shape index (κ3) is 2.71. The Morgan fingerprint density at radius 1 is 1.11 bits per heavy atom. The second kappa shape index (κ2) is 5.57. The SMILES string of the molecule is O=C(c1cncc(N2CCOCC2)c1)N1CCCC1. The summed E-state index contributed by atoms with van der Waals surface area (Å²) in [5.74, 6) is 0.111. The number of hydrogen-bond donors (Lipinski definition) is 0. The number of ether oxygens (including phenoxy) is 1. The van der Waals surface area contributed by atoms with Crippen molar-refractivity contribution in [3.8, 4) is 0 Å². The molecule has 0 aliphatic carbocycles. The van der Waals surface area contributed by atoms with Crippen LogP contribution in [0.5, 0.6) is 0 Å². The molecule has 1 aromatic heterocycles. The smallest absolute Gasteiger partial charge is 0.255 e. The Morgan fingerprint density at radius 2 is 1.84 bits per heavy atom. The number of rotatable bonds is 2. The number of aromatic nitrogens is 1. The maximum absolute atomic E-state index is 12.3. The Hall–Kier alpha value is -1.62. The molecule has 0 saturated carbocycles. The van der Waals surface area contributed by atoms with E-state index < -0.39 is 0 Å². The van der Waals surface area contributed by atoms with Crippen molar-refractivity contribution < 1.29 is 9.53 Å². The van der Waals surface area contributed by atoms with E-state index >= 15 is 0 Å². The normalized spacial score (nSPS) is 19.8. The lowest BCUT2D eigenvalue weighted by atomic mass is 10.2. The number of hydrogen-bond acceptors (Lipinski definition) is 4. The van der Waals surface area contributed by atoms with Gasteiger partial charge in [-0.05, 0) is 18.9 Å². The monoisotopic (exact) mass is 261 g/mol. The fraction of sp³-hybridized carbons (Fsp3) is 0.571.